The van der Waals surface area contributed by atoms with Gasteiger partial charge in [0.25, 0.3) is 11.8 Å². The number of carbonyl (C=O) groups is 2. The van der Waals surface area contributed by atoms with Crippen molar-refractivity contribution >= 4 is 45.1 Å². The van der Waals surface area contributed by atoms with Crippen LogP contribution in [-0.4, -0.2) is 11.8 Å². The fourth-order valence-electron chi connectivity index (χ4n) is 4.01. The van der Waals surface area contributed by atoms with E-state index >= 15 is 0 Å². The maximum absolute atomic E-state index is 13.3. The standard InChI is InChI=1S/C30H23N3O2/c34-29(21-11-3-1-4-12-21)31-28(30(35)33-32-24-15-5-2-6-16-24)20-27-25-17-9-7-13-22(25)19-23-14-8-10-18-26(23)27/h1-20,32H,(H,31,34)(H,33,35)/b28-20-. The molecule has 0 saturated heterocycles. The zero-order chi connectivity index (χ0) is 24.0. The number of fused-ring (bicyclic) bond motifs is 2. The third kappa shape index (κ3) is 4.89. The Hall–Kier alpha value is -4.90. The Balaban J connectivity index is 1.59. The summed E-state index contributed by atoms with van der Waals surface area (Å²) in [4.78, 5) is 26.3. The SMILES string of the molecule is O=C(NNc1ccccc1)/C(=C/c1c2ccccc2cc2ccccc12)NC(=O)c1ccccc1. The van der Waals surface area contributed by atoms with E-state index in [-0.39, 0.29) is 11.6 Å². The summed E-state index contributed by atoms with van der Waals surface area (Å²) in [7, 11) is 0. The van der Waals surface area contributed by atoms with Gasteiger partial charge in [-0.3, -0.25) is 20.4 Å². The highest BCUT2D eigenvalue weighted by molar-refractivity contribution is 6.11. The summed E-state index contributed by atoms with van der Waals surface area (Å²) in [5, 5.41) is 6.89. The molecule has 5 rings (SSSR count). The number of hydrazine groups is 1. The molecule has 5 nitrogen and oxygen atoms in total. The molecule has 0 aliphatic heterocycles. The molecule has 0 spiro atoms. The van der Waals surface area contributed by atoms with E-state index < -0.39 is 5.91 Å². The zero-order valence-corrected chi connectivity index (χ0v) is 18.9. The van der Waals surface area contributed by atoms with Crippen molar-refractivity contribution in [3.63, 3.8) is 0 Å². The minimum Gasteiger partial charge on any atom is -0.317 e. The number of carbonyl (C=O) groups excluding carboxylic acids is 2. The van der Waals surface area contributed by atoms with Crippen LogP contribution in [-0.2, 0) is 4.79 Å². The van der Waals surface area contributed by atoms with Crippen molar-refractivity contribution in [1.82, 2.24) is 10.7 Å². The Kier molecular flexibility index (Phi) is 6.22. The molecule has 0 aliphatic rings. The van der Waals surface area contributed by atoms with Gasteiger partial charge < -0.3 is 5.32 Å². The molecule has 5 aromatic rings. The summed E-state index contributed by atoms with van der Waals surface area (Å²) in [6, 6.07) is 36.3. The Morgan fingerprint density at radius 1 is 0.629 bits per heavy atom. The van der Waals surface area contributed by atoms with Crippen LogP contribution in [0.5, 0.6) is 0 Å². The highest BCUT2D eigenvalue weighted by atomic mass is 16.2. The highest BCUT2D eigenvalue weighted by Gasteiger charge is 2.16. The van der Waals surface area contributed by atoms with E-state index in [1.165, 1.54) is 0 Å². The van der Waals surface area contributed by atoms with E-state index in [0.717, 1.165) is 32.8 Å². The molecule has 170 valence electrons. The van der Waals surface area contributed by atoms with Gasteiger partial charge in [0.15, 0.2) is 0 Å². The molecule has 3 N–H and O–H groups in total. The molecule has 0 saturated carbocycles. The predicted molar refractivity (Wildman–Crippen MR) is 142 cm³/mol. The van der Waals surface area contributed by atoms with Gasteiger partial charge in [0.05, 0.1) is 5.69 Å². The van der Waals surface area contributed by atoms with Crippen LogP contribution < -0.4 is 16.2 Å². The van der Waals surface area contributed by atoms with E-state index in [2.05, 4.69) is 22.2 Å². The Bertz CT molecular complexity index is 1490. The largest absolute Gasteiger partial charge is 0.317 e. The van der Waals surface area contributed by atoms with E-state index in [1.54, 1.807) is 30.3 Å². The maximum Gasteiger partial charge on any atom is 0.286 e. The number of hydrogen-bond donors (Lipinski definition) is 3. The lowest BCUT2D eigenvalue weighted by molar-refractivity contribution is -0.117. The second-order valence-electron chi connectivity index (χ2n) is 8.06. The number of rotatable bonds is 6. The van der Waals surface area contributed by atoms with Crippen LogP contribution in [0.4, 0.5) is 5.69 Å². The first-order chi connectivity index (χ1) is 17.2. The van der Waals surface area contributed by atoms with Crippen molar-refractivity contribution in [2.45, 2.75) is 0 Å². The summed E-state index contributed by atoms with van der Waals surface area (Å²) in [5.74, 6) is -0.827. The second-order valence-corrected chi connectivity index (χ2v) is 8.06. The molecule has 0 radical (unpaired) electrons. The van der Waals surface area contributed by atoms with E-state index in [0.29, 0.717) is 5.56 Å². The molecule has 35 heavy (non-hydrogen) atoms. The molecular weight excluding hydrogens is 434 g/mol. The lowest BCUT2D eigenvalue weighted by atomic mass is 9.96. The molecule has 5 aromatic carbocycles. The number of nitrogens with one attached hydrogen (secondary N) is 3. The third-order valence-corrected chi connectivity index (χ3v) is 5.72. The second kappa shape index (κ2) is 9.93. The van der Waals surface area contributed by atoms with E-state index in [1.807, 2.05) is 84.9 Å². The molecule has 0 fully saturated rings. The van der Waals surface area contributed by atoms with Crippen molar-refractivity contribution < 1.29 is 9.59 Å². The average molecular weight is 458 g/mol. The first kappa shape index (κ1) is 21.9. The van der Waals surface area contributed by atoms with Crippen LogP contribution in [0.15, 0.2) is 121 Å². The molecular formula is C30H23N3O2. The zero-order valence-electron chi connectivity index (χ0n) is 18.9. The monoisotopic (exact) mass is 457 g/mol. The third-order valence-electron chi connectivity index (χ3n) is 5.72. The molecule has 2 amide bonds. The predicted octanol–water partition coefficient (Wildman–Crippen LogP) is 5.91. The molecule has 0 atom stereocenters. The van der Waals surface area contributed by atoms with Crippen LogP contribution in [0, 0.1) is 0 Å². The van der Waals surface area contributed by atoms with Crippen molar-refractivity contribution in [2.75, 3.05) is 5.43 Å². The summed E-state index contributed by atoms with van der Waals surface area (Å²) < 4.78 is 0. The smallest absolute Gasteiger partial charge is 0.286 e. The van der Waals surface area contributed by atoms with Crippen LogP contribution in [0.1, 0.15) is 15.9 Å². The number of para-hydroxylation sites is 1. The Labute approximate surface area is 203 Å². The summed E-state index contributed by atoms with van der Waals surface area (Å²) in [6.45, 7) is 0. The van der Waals surface area contributed by atoms with Gasteiger partial charge in [0.2, 0.25) is 0 Å². The number of hydrogen-bond acceptors (Lipinski definition) is 3. The van der Waals surface area contributed by atoms with Gasteiger partial charge in [-0.2, -0.15) is 0 Å². The van der Waals surface area contributed by atoms with Gasteiger partial charge in [-0.25, -0.2) is 0 Å². The van der Waals surface area contributed by atoms with Gasteiger partial charge in [-0.05, 0) is 63.5 Å². The molecule has 0 heterocycles. The summed E-state index contributed by atoms with van der Waals surface area (Å²) in [5.41, 5.74) is 7.78. The summed E-state index contributed by atoms with van der Waals surface area (Å²) >= 11 is 0. The normalized spacial score (nSPS) is 11.3. The summed E-state index contributed by atoms with van der Waals surface area (Å²) in [6.07, 6.45) is 1.74. The van der Waals surface area contributed by atoms with Crippen LogP contribution in [0.2, 0.25) is 0 Å². The van der Waals surface area contributed by atoms with Crippen LogP contribution >= 0.6 is 0 Å². The Morgan fingerprint density at radius 3 is 1.80 bits per heavy atom. The minimum absolute atomic E-state index is 0.129. The van der Waals surface area contributed by atoms with E-state index in [9.17, 15) is 9.59 Å². The van der Waals surface area contributed by atoms with Crippen LogP contribution in [0.25, 0.3) is 27.6 Å². The maximum atomic E-state index is 13.3. The molecule has 0 bridgehead atoms. The number of amides is 2. The molecule has 0 unspecified atom stereocenters. The fraction of sp³-hybridized carbons (Fsp3) is 0. The van der Waals surface area contributed by atoms with Crippen molar-refractivity contribution in [3.05, 3.63) is 132 Å². The van der Waals surface area contributed by atoms with E-state index in [4.69, 9.17) is 0 Å². The Morgan fingerprint density at radius 2 is 1.17 bits per heavy atom. The molecule has 0 aliphatic carbocycles. The van der Waals surface area contributed by atoms with Gasteiger partial charge in [0, 0.05) is 5.56 Å². The number of benzene rings is 5. The van der Waals surface area contributed by atoms with Crippen LogP contribution in [0.3, 0.4) is 0 Å². The fourth-order valence-corrected chi connectivity index (χ4v) is 4.01. The van der Waals surface area contributed by atoms with Gasteiger partial charge in [0.1, 0.15) is 5.70 Å². The van der Waals surface area contributed by atoms with Gasteiger partial charge in [-0.1, -0.05) is 84.9 Å². The van der Waals surface area contributed by atoms with Crippen molar-refractivity contribution in [3.8, 4) is 0 Å². The minimum atomic E-state index is -0.463. The lowest BCUT2D eigenvalue weighted by Crippen LogP contribution is -2.37. The van der Waals surface area contributed by atoms with Crippen molar-refractivity contribution in [2.24, 2.45) is 0 Å². The average Bonchev–Trinajstić information content (AvgIpc) is 2.92. The number of anilines is 1. The van der Waals surface area contributed by atoms with Crippen molar-refractivity contribution in [1.29, 1.82) is 0 Å². The van der Waals surface area contributed by atoms with Gasteiger partial charge >= 0.3 is 0 Å². The highest BCUT2D eigenvalue weighted by Crippen LogP contribution is 2.30. The lowest BCUT2D eigenvalue weighted by Gasteiger charge is -2.14. The molecule has 0 aromatic heterocycles. The van der Waals surface area contributed by atoms with Gasteiger partial charge in [-0.15, -0.1) is 0 Å². The first-order valence-electron chi connectivity index (χ1n) is 11.3. The molecule has 5 heteroatoms. The quantitative estimate of drug-likeness (QED) is 0.169. The first-order valence-corrected chi connectivity index (χ1v) is 11.3. The topological polar surface area (TPSA) is 70.2 Å².